The molecule has 0 bridgehead atoms. The number of rotatable bonds is 3. The van der Waals surface area contributed by atoms with Gasteiger partial charge in [-0.1, -0.05) is 13.8 Å². The first-order chi connectivity index (χ1) is 6.15. The third kappa shape index (κ3) is 2.90. The Morgan fingerprint density at radius 2 is 2.31 bits per heavy atom. The molecule has 0 N–H and O–H groups in total. The van der Waals surface area contributed by atoms with Crippen molar-refractivity contribution in [2.45, 2.75) is 39.2 Å². The van der Waals surface area contributed by atoms with E-state index in [0.717, 1.165) is 19.4 Å². The molecular weight excluding hydrogens is 182 g/mol. The van der Waals surface area contributed by atoms with E-state index in [0.29, 0.717) is 17.7 Å². The Balaban J connectivity index is 2.48. The molecule has 1 aliphatic heterocycles. The topological polar surface area (TPSA) is 20.3 Å². The Kier molecular flexibility index (Phi) is 4.10. The first-order valence-corrected chi connectivity index (χ1v) is 5.68. The van der Waals surface area contributed by atoms with Gasteiger partial charge in [-0.15, -0.1) is 0 Å². The van der Waals surface area contributed by atoms with Gasteiger partial charge in [0.25, 0.3) is 0 Å². The van der Waals surface area contributed by atoms with Crippen LogP contribution in [-0.4, -0.2) is 29.1 Å². The van der Waals surface area contributed by atoms with Crippen LogP contribution >= 0.6 is 12.6 Å². The normalized spacial score (nSPS) is 22.8. The van der Waals surface area contributed by atoms with E-state index in [1.165, 1.54) is 6.42 Å². The van der Waals surface area contributed by atoms with Crippen LogP contribution < -0.4 is 0 Å². The second-order valence-electron chi connectivity index (χ2n) is 4.17. The SMILES string of the molecule is CC(C)CC1CCCN1C(=O)CS. The highest BCUT2D eigenvalue weighted by atomic mass is 32.1. The largest absolute Gasteiger partial charge is 0.339 e. The number of carbonyl (C=O) groups is 1. The van der Waals surface area contributed by atoms with Crippen molar-refractivity contribution in [1.82, 2.24) is 4.90 Å². The van der Waals surface area contributed by atoms with Crippen molar-refractivity contribution < 1.29 is 4.79 Å². The molecule has 0 radical (unpaired) electrons. The molecule has 0 spiro atoms. The number of hydrogen-bond acceptors (Lipinski definition) is 2. The predicted molar refractivity (Wildman–Crippen MR) is 58.0 cm³/mol. The van der Waals surface area contributed by atoms with Crippen LogP contribution in [-0.2, 0) is 4.79 Å². The molecule has 0 saturated carbocycles. The number of amides is 1. The van der Waals surface area contributed by atoms with Crippen LogP contribution in [0.2, 0.25) is 0 Å². The maximum Gasteiger partial charge on any atom is 0.232 e. The standard InChI is InChI=1S/C10H19NOS/c1-8(2)6-9-4-3-5-11(9)10(12)7-13/h8-9,13H,3-7H2,1-2H3. The summed E-state index contributed by atoms with van der Waals surface area (Å²) < 4.78 is 0. The molecule has 1 atom stereocenters. The fourth-order valence-electron chi connectivity index (χ4n) is 2.04. The van der Waals surface area contributed by atoms with E-state index in [2.05, 4.69) is 26.5 Å². The van der Waals surface area contributed by atoms with Gasteiger partial charge in [0.05, 0.1) is 5.75 Å². The van der Waals surface area contributed by atoms with Crippen molar-refractivity contribution in [3.8, 4) is 0 Å². The summed E-state index contributed by atoms with van der Waals surface area (Å²) >= 11 is 4.03. The lowest BCUT2D eigenvalue weighted by atomic mass is 10.0. The molecule has 1 rings (SSSR count). The number of nitrogens with zero attached hydrogens (tertiary/aromatic N) is 1. The minimum atomic E-state index is 0.200. The third-order valence-electron chi connectivity index (χ3n) is 2.58. The summed E-state index contributed by atoms with van der Waals surface area (Å²) in [6.07, 6.45) is 3.48. The maximum atomic E-state index is 11.5. The molecule has 0 aliphatic carbocycles. The molecule has 1 amide bonds. The van der Waals surface area contributed by atoms with Crippen LogP contribution in [0.25, 0.3) is 0 Å². The highest BCUT2D eigenvalue weighted by molar-refractivity contribution is 7.81. The van der Waals surface area contributed by atoms with Crippen molar-refractivity contribution in [2.24, 2.45) is 5.92 Å². The van der Waals surface area contributed by atoms with Crippen LogP contribution in [0, 0.1) is 5.92 Å². The van der Waals surface area contributed by atoms with Gasteiger partial charge in [0.15, 0.2) is 0 Å². The average molecular weight is 201 g/mol. The minimum absolute atomic E-state index is 0.200. The second kappa shape index (κ2) is 4.89. The van der Waals surface area contributed by atoms with Crippen LogP contribution in [0.15, 0.2) is 0 Å². The Labute approximate surface area is 86.1 Å². The number of carbonyl (C=O) groups excluding carboxylic acids is 1. The van der Waals surface area contributed by atoms with Gasteiger partial charge in [-0.25, -0.2) is 0 Å². The fourth-order valence-corrected chi connectivity index (χ4v) is 2.23. The molecule has 3 heteroatoms. The molecule has 0 aromatic rings. The van der Waals surface area contributed by atoms with E-state index < -0.39 is 0 Å². The molecule has 1 aliphatic rings. The quantitative estimate of drug-likeness (QED) is 0.692. The van der Waals surface area contributed by atoms with Gasteiger partial charge in [-0.2, -0.15) is 12.6 Å². The van der Waals surface area contributed by atoms with Crippen molar-refractivity contribution >= 4 is 18.5 Å². The molecular formula is C10H19NOS. The number of likely N-dealkylation sites (tertiary alicyclic amines) is 1. The van der Waals surface area contributed by atoms with Crippen LogP contribution in [0.5, 0.6) is 0 Å². The van der Waals surface area contributed by atoms with Gasteiger partial charge in [0, 0.05) is 12.6 Å². The third-order valence-corrected chi connectivity index (χ3v) is 2.85. The zero-order chi connectivity index (χ0) is 9.84. The molecule has 1 heterocycles. The van der Waals surface area contributed by atoms with Gasteiger partial charge >= 0.3 is 0 Å². The molecule has 0 aromatic heterocycles. The lowest BCUT2D eigenvalue weighted by Crippen LogP contribution is -2.37. The van der Waals surface area contributed by atoms with E-state index in [4.69, 9.17) is 0 Å². The Morgan fingerprint density at radius 1 is 1.62 bits per heavy atom. The first kappa shape index (κ1) is 10.9. The van der Waals surface area contributed by atoms with Crippen molar-refractivity contribution in [2.75, 3.05) is 12.3 Å². The molecule has 0 aromatic carbocycles. The van der Waals surface area contributed by atoms with Crippen molar-refractivity contribution in [1.29, 1.82) is 0 Å². The van der Waals surface area contributed by atoms with E-state index >= 15 is 0 Å². The predicted octanol–water partition coefficient (Wildman–Crippen LogP) is 1.95. The van der Waals surface area contributed by atoms with Gasteiger partial charge in [-0.05, 0) is 25.2 Å². The highest BCUT2D eigenvalue weighted by Crippen LogP contribution is 2.23. The summed E-state index contributed by atoms with van der Waals surface area (Å²) in [5, 5.41) is 0. The summed E-state index contributed by atoms with van der Waals surface area (Å²) in [6, 6.07) is 0.486. The maximum absolute atomic E-state index is 11.5. The average Bonchev–Trinajstić information content (AvgIpc) is 2.50. The smallest absolute Gasteiger partial charge is 0.232 e. The monoisotopic (exact) mass is 201 g/mol. The summed E-state index contributed by atoms with van der Waals surface area (Å²) in [5.41, 5.74) is 0. The number of hydrogen-bond donors (Lipinski definition) is 1. The Bertz CT molecular complexity index is 182. The first-order valence-electron chi connectivity index (χ1n) is 5.05. The second-order valence-corrected chi connectivity index (χ2v) is 4.49. The lowest BCUT2D eigenvalue weighted by molar-refractivity contribution is -0.129. The molecule has 1 fully saturated rings. The van der Waals surface area contributed by atoms with E-state index in [-0.39, 0.29) is 5.91 Å². The minimum Gasteiger partial charge on any atom is -0.339 e. The van der Waals surface area contributed by atoms with E-state index in [9.17, 15) is 4.79 Å². The van der Waals surface area contributed by atoms with Gasteiger partial charge in [0.2, 0.25) is 5.91 Å². The van der Waals surface area contributed by atoms with Crippen molar-refractivity contribution in [3.63, 3.8) is 0 Å². The Hall–Kier alpha value is -0.180. The van der Waals surface area contributed by atoms with Crippen LogP contribution in [0.3, 0.4) is 0 Å². The lowest BCUT2D eigenvalue weighted by Gasteiger charge is -2.25. The van der Waals surface area contributed by atoms with E-state index in [1.807, 2.05) is 4.90 Å². The summed E-state index contributed by atoms with van der Waals surface area (Å²) in [6.45, 7) is 5.36. The zero-order valence-corrected chi connectivity index (χ0v) is 9.39. The van der Waals surface area contributed by atoms with Gasteiger partial charge < -0.3 is 4.90 Å². The van der Waals surface area contributed by atoms with Gasteiger partial charge in [0.1, 0.15) is 0 Å². The fraction of sp³-hybridized carbons (Fsp3) is 0.900. The molecule has 2 nitrogen and oxygen atoms in total. The highest BCUT2D eigenvalue weighted by Gasteiger charge is 2.27. The Morgan fingerprint density at radius 3 is 2.85 bits per heavy atom. The molecule has 76 valence electrons. The van der Waals surface area contributed by atoms with Crippen molar-refractivity contribution in [3.05, 3.63) is 0 Å². The van der Waals surface area contributed by atoms with Gasteiger partial charge in [-0.3, -0.25) is 4.79 Å². The number of thiol groups is 1. The summed E-state index contributed by atoms with van der Waals surface area (Å²) in [5.74, 6) is 1.24. The molecule has 1 saturated heterocycles. The summed E-state index contributed by atoms with van der Waals surface area (Å²) in [7, 11) is 0. The zero-order valence-electron chi connectivity index (χ0n) is 8.49. The van der Waals surface area contributed by atoms with Crippen LogP contribution in [0.4, 0.5) is 0 Å². The van der Waals surface area contributed by atoms with Crippen LogP contribution in [0.1, 0.15) is 33.1 Å². The summed E-state index contributed by atoms with van der Waals surface area (Å²) in [4.78, 5) is 13.5. The molecule has 13 heavy (non-hydrogen) atoms. The molecule has 1 unspecified atom stereocenters. The van der Waals surface area contributed by atoms with E-state index in [1.54, 1.807) is 0 Å².